The minimum Gasteiger partial charge on any atom is -0.322 e. The zero-order chi connectivity index (χ0) is 13.7. The Labute approximate surface area is 113 Å². The highest BCUT2D eigenvalue weighted by Crippen LogP contribution is 2.14. The molecule has 0 fully saturated rings. The average Bonchev–Trinajstić information content (AvgIpc) is 2.47. The first-order valence-electron chi connectivity index (χ1n) is 6.20. The Hall–Kier alpha value is -2.53. The van der Waals surface area contributed by atoms with Crippen molar-refractivity contribution >= 4 is 11.6 Å². The topological polar surface area (TPSA) is 29.1 Å². The van der Waals surface area contributed by atoms with E-state index in [1.54, 1.807) is 6.07 Å². The second-order valence-corrected chi connectivity index (χ2v) is 4.19. The van der Waals surface area contributed by atoms with E-state index in [0.717, 1.165) is 17.5 Å². The monoisotopic (exact) mass is 249 g/mol. The lowest BCUT2D eigenvalue weighted by atomic mass is 10.0. The molecule has 0 aliphatic heterocycles. The van der Waals surface area contributed by atoms with E-state index in [-0.39, 0.29) is 5.91 Å². The number of hydrogen-bond acceptors (Lipinski definition) is 1. The lowest BCUT2D eigenvalue weighted by Crippen LogP contribution is -2.14. The Bertz CT molecular complexity index is 638. The van der Waals surface area contributed by atoms with Crippen LogP contribution in [0.3, 0.4) is 0 Å². The molecule has 2 aromatic rings. The van der Waals surface area contributed by atoms with Crippen molar-refractivity contribution < 1.29 is 4.79 Å². The van der Waals surface area contributed by atoms with E-state index in [1.807, 2.05) is 49.4 Å². The molecule has 2 aromatic carbocycles. The minimum absolute atomic E-state index is 0.105. The van der Waals surface area contributed by atoms with Crippen molar-refractivity contribution in [1.82, 2.24) is 0 Å². The highest BCUT2D eigenvalue weighted by molar-refractivity contribution is 6.05. The molecule has 0 aliphatic rings. The second kappa shape index (κ2) is 5.88. The van der Waals surface area contributed by atoms with Gasteiger partial charge in [0.2, 0.25) is 0 Å². The highest BCUT2D eigenvalue weighted by atomic mass is 16.1. The van der Waals surface area contributed by atoms with Gasteiger partial charge in [-0.2, -0.15) is 0 Å². The van der Waals surface area contributed by atoms with Gasteiger partial charge in [0.15, 0.2) is 0 Å². The fraction of sp³-hybridized carbons (Fsp3) is 0.118. The normalized spacial score (nSPS) is 9.68. The van der Waals surface area contributed by atoms with Gasteiger partial charge in [0.25, 0.3) is 5.91 Å². The molecule has 0 saturated heterocycles. The first-order valence-corrected chi connectivity index (χ1v) is 6.20. The van der Waals surface area contributed by atoms with Gasteiger partial charge in [-0.3, -0.25) is 4.79 Å². The van der Waals surface area contributed by atoms with E-state index in [2.05, 4.69) is 11.2 Å². The number of anilines is 1. The molecule has 1 amide bonds. The third-order valence-corrected chi connectivity index (χ3v) is 2.93. The van der Waals surface area contributed by atoms with Crippen molar-refractivity contribution in [2.45, 2.75) is 13.3 Å². The van der Waals surface area contributed by atoms with Crippen LogP contribution in [-0.2, 0) is 6.42 Å². The number of hydrogen-bond donors (Lipinski definition) is 1. The number of nitrogens with one attached hydrogen (secondary N) is 1. The molecule has 0 radical (unpaired) electrons. The molecule has 2 nitrogen and oxygen atoms in total. The van der Waals surface area contributed by atoms with Crippen LogP contribution in [0.1, 0.15) is 28.4 Å². The summed E-state index contributed by atoms with van der Waals surface area (Å²) >= 11 is 0. The molecule has 19 heavy (non-hydrogen) atoms. The molecule has 0 heterocycles. The van der Waals surface area contributed by atoms with Crippen molar-refractivity contribution in [3.8, 4) is 12.3 Å². The molecule has 0 aromatic heterocycles. The predicted molar refractivity (Wildman–Crippen MR) is 78.2 cm³/mol. The van der Waals surface area contributed by atoms with E-state index < -0.39 is 0 Å². The lowest BCUT2D eigenvalue weighted by molar-refractivity contribution is 0.102. The summed E-state index contributed by atoms with van der Waals surface area (Å²) in [7, 11) is 0. The summed E-state index contributed by atoms with van der Waals surface area (Å²) in [5.41, 5.74) is 3.21. The van der Waals surface area contributed by atoms with Gasteiger partial charge in [0.1, 0.15) is 0 Å². The van der Waals surface area contributed by atoms with Gasteiger partial charge in [-0.15, -0.1) is 6.42 Å². The number of carbonyl (C=O) groups is 1. The number of carbonyl (C=O) groups excluding carboxylic acids is 1. The van der Waals surface area contributed by atoms with Crippen LogP contribution in [0.5, 0.6) is 0 Å². The summed E-state index contributed by atoms with van der Waals surface area (Å²) in [5, 5.41) is 2.87. The average molecular weight is 249 g/mol. The van der Waals surface area contributed by atoms with Gasteiger partial charge in [-0.25, -0.2) is 0 Å². The smallest absolute Gasteiger partial charge is 0.255 e. The van der Waals surface area contributed by atoms with Gasteiger partial charge >= 0.3 is 0 Å². The number of rotatable bonds is 3. The zero-order valence-electron chi connectivity index (χ0n) is 10.8. The summed E-state index contributed by atoms with van der Waals surface area (Å²) in [4.78, 5) is 12.2. The molecular weight excluding hydrogens is 234 g/mol. The Morgan fingerprint density at radius 2 is 2.00 bits per heavy atom. The quantitative estimate of drug-likeness (QED) is 0.829. The minimum atomic E-state index is -0.105. The molecule has 0 bridgehead atoms. The number of aryl methyl sites for hydroxylation is 1. The first kappa shape index (κ1) is 12.9. The Balaban J connectivity index is 2.23. The van der Waals surface area contributed by atoms with E-state index in [1.165, 1.54) is 0 Å². The van der Waals surface area contributed by atoms with Crippen LogP contribution in [0.4, 0.5) is 5.69 Å². The van der Waals surface area contributed by atoms with E-state index in [4.69, 9.17) is 6.42 Å². The fourth-order valence-electron chi connectivity index (χ4n) is 1.94. The van der Waals surface area contributed by atoms with Crippen LogP contribution in [0.25, 0.3) is 0 Å². The van der Waals surface area contributed by atoms with Gasteiger partial charge in [-0.1, -0.05) is 37.1 Å². The second-order valence-electron chi connectivity index (χ2n) is 4.19. The lowest BCUT2D eigenvalue weighted by Gasteiger charge is -2.09. The van der Waals surface area contributed by atoms with E-state index >= 15 is 0 Å². The van der Waals surface area contributed by atoms with E-state index in [9.17, 15) is 4.79 Å². The fourth-order valence-corrected chi connectivity index (χ4v) is 1.94. The highest BCUT2D eigenvalue weighted by Gasteiger charge is 2.09. The summed E-state index contributed by atoms with van der Waals surface area (Å²) in [5.74, 6) is 2.45. The van der Waals surface area contributed by atoms with E-state index in [0.29, 0.717) is 11.3 Å². The number of terminal acetylenes is 1. The zero-order valence-corrected chi connectivity index (χ0v) is 10.8. The van der Waals surface area contributed by atoms with Gasteiger partial charge < -0.3 is 5.32 Å². The maximum atomic E-state index is 12.2. The van der Waals surface area contributed by atoms with Gasteiger partial charge in [0, 0.05) is 16.8 Å². The largest absolute Gasteiger partial charge is 0.322 e. The third-order valence-electron chi connectivity index (χ3n) is 2.93. The number of amides is 1. The summed E-state index contributed by atoms with van der Waals surface area (Å²) in [6.07, 6.45) is 6.17. The van der Waals surface area contributed by atoms with Crippen LogP contribution < -0.4 is 5.32 Å². The summed E-state index contributed by atoms with van der Waals surface area (Å²) in [6, 6.07) is 14.9. The summed E-state index contributed by atoms with van der Waals surface area (Å²) < 4.78 is 0. The Morgan fingerprint density at radius 3 is 2.74 bits per heavy atom. The van der Waals surface area contributed by atoms with Crippen molar-refractivity contribution in [2.75, 3.05) is 5.32 Å². The molecule has 0 aliphatic carbocycles. The predicted octanol–water partition coefficient (Wildman–Crippen LogP) is 3.48. The van der Waals surface area contributed by atoms with Gasteiger partial charge in [-0.05, 0) is 36.2 Å². The molecular formula is C17H15NO. The van der Waals surface area contributed by atoms with Crippen LogP contribution in [0, 0.1) is 12.3 Å². The van der Waals surface area contributed by atoms with Crippen molar-refractivity contribution in [2.24, 2.45) is 0 Å². The summed E-state index contributed by atoms with van der Waals surface area (Å²) in [6.45, 7) is 2.03. The molecule has 0 unspecified atom stereocenters. The van der Waals surface area contributed by atoms with Crippen molar-refractivity contribution in [3.63, 3.8) is 0 Å². The third kappa shape index (κ3) is 3.02. The Kier molecular flexibility index (Phi) is 4.00. The Morgan fingerprint density at radius 1 is 1.21 bits per heavy atom. The standard InChI is InChI=1S/C17H15NO/c1-3-13-8-7-10-15(12-13)18-17(19)16-11-6-5-9-14(16)4-2/h1,5-12H,4H2,2H3,(H,18,19). The molecule has 2 heteroatoms. The van der Waals surface area contributed by atoms with Crippen LogP contribution in [-0.4, -0.2) is 5.91 Å². The van der Waals surface area contributed by atoms with Crippen LogP contribution in [0.15, 0.2) is 48.5 Å². The van der Waals surface area contributed by atoms with Crippen molar-refractivity contribution in [3.05, 3.63) is 65.2 Å². The SMILES string of the molecule is C#Cc1cccc(NC(=O)c2ccccc2CC)c1. The number of benzene rings is 2. The molecule has 1 N–H and O–H groups in total. The molecule has 94 valence electrons. The van der Waals surface area contributed by atoms with Crippen molar-refractivity contribution in [1.29, 1.82) is 0 Å². The maximum absolute atomic E-state index is 12.2. The maximum Gasteiger partial charge on any atom is 0.255 e. The first-order chi connectivity index (χ1) is 9.24. The molecule has 0 atom stereocenters. The van der Waals surface area contributed by atoms with Crippen LogP contribution in [0.2, 0.25) is 0 Å². The molecule has 2 rings (SSSR count). The van der Waals surface area contributed by atoms with Gasteiger partial charge in [0.05, 0.1) is 0 Å². The molecule has 0 spiro atoms. The van der Waals surface area contributed by atoms with Crippen LogP contribution >= 0.6 is 0 Å². The molecule has 0 saturated carbocycles.